The minimum Gasteiger partial charge on any atom is -0.506 e. The van der Waals surface area contributed by atoms with E-state index in [0.29, 0.717) is 5.75 Å². The van der Waals surface area contributed by atoms with E-state index >= 15 is 0 Å². The van der Waals surface area contributed by atoms with Crippen molar-refractivity contribution in [2.75, 3.05) is 26.4 Å². The molecular formula is C24H26Cl2N2O13. The highest BCUT2D eigenvalue weighted by molar-refractivity contribution is 6.32. The fourth-order valence-corrected chi connectivity index (χ4v) is 4.87. The molecule has 0 amide bonds. The van der Waals surface area contributed by atoms with Crippen LogP contribution in [0.2, 0.25) is 10.0 Å². The van der Waals surface area contributed by atoms with Crippen molar-refractivity contribution in [1.82, 2.24) is 0 Å². The number of nitro benzene ring substituents is 2. The number of phenolic OH excluding ortho intramolecular Hbond substituents is 1. The minimum absolute atomic E-state index is 0.0146. The van der Waals surface area contributed by atoms with Gasteiger partial charge in [0.15, 0.2) is 6.10 Å². The van der Waals surface area contributed by atoms with E-state index in [-0.39, 0.29) is 71.9 Å². The summed E-state index contributed by atoms with van der Waals surface area (Å²) in [5, 5.41) is 57.7. The van der Waals surface area contributed by atoms with Crippen molar-refractivity contribution in [3.8, 4) is 11.5 Å². The van der Waals surface area contributed by atoms with Gasteiger partial charge in [0, 0.05) is 24.3 Å². The van der Waals surface area contributed by atoms with Crippen LogP contribution in [-0.2, 0) is 18.9 Å². The number of non-ortho nitro benzene ring substituents is 2. The Labute approximate surface area is 242 Å². The van der Waals surface area contributed by atoms with Gasteiger partial charge in [-0.2, -0.15) is 0 Å². The monoisotopic (exact) mass is 620 g/mol. The summed E-state index contributed by atoms with van der Waals surface area (Å²) in [5.74, 6) is 0.175. The van der Waals surface area contributed by atoms with E-state index in [1.54, 1.807) is 0 Å². The quantitative estimate of drug-likeness (QED) is 0.283. The molecule has 4 aliphatic rings. The average Bonchev–Trinajstić information content (AvgIpc) is 3.69. The number of nitrogens with zero attached hydrogens (tertiary/aromatic N) is 2. The number of aliphatic hydroxyl groups excluding tert-OH is 3. The van der Waals surface area contributed by atoms with Crippen molar-refractivity contribution in [3.63, 3.8) is 0 Å². The lowest BCUT2D eigenvalue weighted by Gasteiger charge is -2.18. The first kappa shape index (κ1) is 31.1. The van der Waals surface area contributed by atoms with Crippen LogP contribution in [0, 0.1) is 20.2 Å². The molecule has 4 heterocycles. The number of rotatable bonds is 4. The summed E-state index contributed by atoms with van der Waals surface area (Å²) in [7, 11) is 0. The van der Waals surface area contributed by atoms with Crippen molar-refractivity contribution >= 4 is 34.6 Å². The third-order valence-electron chi connectivity index (χ3n) is 6.53. The van der Waals surface area contributed by atoms with Crippen LogP contribution < -0.4 is 4.74 Å². The van der Waals surface area contributed by atoms with Crippen molar-refractivity contribution in [2.45, 2.75) is 48.8 Å². The molecule has 17 heteroatoms. The second-order valence-electron chi connectivity index (χ2n) is 9.31. The summed E-state index contributed by atoms with van der Waals surface area (Å²) in [4.78, 5) is 19.7. The molecule has 4 fully saturated rings. The van der Waals surface area contributed by atoms with Crippen LogP contribution >= 0.6 is 23.2 Å². The molecule has 4 aliphatic heterocycles. The van der Waals surface area contributed by atoms with Crippen LogP contribution in [0.3, 0.4) is 0 Å². The molecule has 0 aromatic heterocycles. The summed E-state index contributed by atoms with van der Waals surface area (Å²) in [6.07, 6.45) is -3.49. The fourth-order valence-electron chi connectivity index (χ4n) is 4.48. The molecule has 2 aromatic carbocycles. The lowest BCUT2D eigenvalue weighted by molar-refractivity contribution is -0.385. The molecule has 0 radical (unpaired) electrons. The number of aromatic hydroxyl groups is 1. The molecule has 0 aliphatic carbocycles. The molecule has 0 bridgehead atoms. The Bertz CT molecular complexity index is 1240. The van der Waals surface area contributed by atoms with Crippen LogP contribution in [0.4, 0.5) is 11.4 Å². The van der Waals surface area contributed by atoms with Gasteiger partial charge in [-0.3, -0.25) is 20.2 Å². The summed E-state index contributed by atoms with van der Waals surface area (Å²) >= 11 is 11.4. The molecule has 15 nitrogen and oxygen atoms in total. The smallest absolute Gasteiger partial charge is 0.271 e. The Kier molecular flexibility index (Phi) is 10.2. The second kappa shape index (κ2) is 13.4. The number of halogens is 2. The topological polar surface area (TPSA) is 213 Å². The van der Waals surface area contributed by atoms with E-state index < -0.39 is 40.4 Å². The van der Waals surface area contributed by atoms with Crippen molar-refractivity contribution in [2.24, 2.45) is 0 Å². The van der Waals surface area contributed by atoms with Gasteiger partial charge in [0.2, 0.25) is 0 Å². The van der Waals surface area contributed by atoms with Gasteiger partial charge >= 0.3 is 0 Å². The van der Waals surface area contributed by atoms with Crippen LogP contribution in [0.1, 0.15) is 0 Å². The Morgan fingerprint density at radius 2 is 1.15 bits per heavy atom. The van der Waals surface area contributed by atoms with E-state index in [2.05, 4.69) is 0 Å². The van der Waals surface area contributed by atoms with Gasteiger partial charge in [-0.05, 0) is 12.1 Å². The standard InChI is InChI=1S/C12H12ClNO6.C6H4ClNO3.C6H10O4/c13-7-3-6(14(16)17)1-2-9(7)20-10-5-19-11-8(15)4-18-12(10)11;7-5-3-4(8(10)11)1-2-6(5)9;7-3-1-9-6-4(8)2-10-5(3)6/h1-3,8,10-12,15H,4-5H2;1-3,9H;3-8H,1-2H2/t8-,10?,11+,12+;;3-,4+,5-,6-/m0.1/s1. The normalized spacial score (nSPS) is 31.2. The van der Waals surface area contributed by atoms with Crippen molar-refractivity contribution in [3.05, 3.63) is 66.7 Å². The number of benzene rings is 2. The van der Waals surface area contributed by atoms with Gasteiger partial charge in [0.25, 0.3) is 11.4 Å². The number of phenols is 1. The molecular weight excluding hydrogens is 595 g/mol. The van der Waals surface area contributed by atoms with Crippen LogP contribution in [-0.4, -0.2) is 106 Å². The van der Waals surface area contributed by atoms with Crippen molar-refractivity contribution in [1.29, 1.82) is 0 Å². The average molecular weight is 621 g/mol. The Balaban J connectivity index is 0.000000156. The van der Waals surface area contributed by atoms with Gasteiger partial charge < -0.3 is 44.1 Å². The van der Waals surface area contributed by atoms with Crippen LogP contribution in [0.15, 0.2) is 36.4 Å². The van der Waals surface area contributed by atoms with E-state index in [0.717, 1.165) is 6.07 Å². The third kappa shape index (κ3) is 7.32. The Morgan fingerprint density at radius 3 is 1.63 bits per heavy atom. The molecule has 8 atom stereocenters. The summed E-state index contributed by atoms with van der Waals surface area (Å²) in [6, 6.07) is 7.45. The fraction of sp³-hybridized carbons (Fsp3) is 0.500. The lowest BCUT2D eigenvalue weighted by atomic mass is 10.1. The predicted molar refractivity (Wildman–Crippen MR) is 139 cm³/mol. The maximum atomic E-state index is 10.6. The number of aliphatic hydroxyl groups is 3. The van der Waals surface area contributed by atoms with E-state index in [1.807, 2.05) is 0 Å². The molecule has 6 rings (SSSR count). The summed E-state index contributed by atoms with van der Waals surface area (Å²) in [6.45, 7) is 1.06. The zero-order chi connectivity index (χ0) is 29.8. The molecule has 2 aromatic rings. The summed E-state index contributed by atoms with van der Waals surface area (Å²) in [5.41, 5.74) is -0.233. The molecule has 0 saturated carbocycles. The highest BCUT2D eigenvalue weighted by atomic mass is 35.5. The molecule has 1 unspecified atom stereocenters. The summed E-state index contributed by atoms with van der Waals surface area (Å²) < 4.78 is 26.7. The highest BCUT2D eigenvalue weighted by Gasteiger charge is 2.48. The highest BCUT2D eigenvalue weighted by Crippen LogP contribution is 2.34. The zero-order valence-electron chi connectivity index (χ0n) is 21.0. The number of hydrogen-bond donors (Lipinski definition) is 4. The predicted octanol–water partition coefficient (Wildman–Crippen LogP) is 1.61. The maximum Gasteiger partial charge on any atom is 0.271 e. The van der Waals surface area contributed by atoms with E-state index in [1.165, 1.54) is 30.3 Å². The first-order chi connectivity index (χ1) is 19.5. The van der Waals surface area contributed by atoms with Crippen molar-refractivity contribution < 1.29 is 54.0 Å². The Morgan fingerprint density at radius 1 is 0.707 bits per heavy atom. The van der Waals surface area contributed by atoms with E-state index in [4.69, 9.17) is 62.2 Å². The number of ether oxygens (including phenoxy) is 5. The lowest BCUT2D eigenvalue weighted by Crippen LogP contribution is -2.34. The molecule has 0 spiro atoms. The SMILES string of the molecule is O=[N+]([O-])c1ccc(O)c(Cl)c1.O=[N+]([O-])c1ccc(OC2CO[C@H]3[C@@H]2OC[C@@H]3O)c(Cl)c1.O[C@@H]1CO[C@H]2[C@@H]1OC[C@@H]2O. The zero-order valence-corrected chi connectivity index (χ0v) is 22.5. The first-order valence-electron chi connectivity index (χ1n) is 12.2. The van der Waals surface area contributed by atoms with Gasteiger partial charge in [0.1, 0.15) is 54.2 Å². The van der Waals surface area contributed by atoms with Crippen LogP contribution in [0.5, 0.6) is 11.5 Å². The minimum atomic E-state index is -0.652. The largest absolute Gasteiger partial charge is 0.506 e. The third-order valence-corrected chi connectivity index (χ3v) is 7.13. The van der Waals surface area contributed by atoms with Gasteiger partial charge in [-0.25, -0.2) is 0 Å². The number of hydrogen-bond acceptors (Lipinski definition) is 13. The number of fused-ring (bicyclic) bond motifs is 2. The maximum absolute atomic E-state index is 10.6. The van der Waals surface area contributed by atoms with Crippen LogP contribution in [0.25, 0.3) is 0 Å². The first-order valence-corrected chi connectivity index (χ1v) is 13.0. The molecule has 41 heavy (non-hydrogen) atoms. The van der Waals surface area contributed by atoms with Gasteiger partial charge in [0.05, 0.1) is 46.3 Å². The Hall–Kier alpha value is -2.86. The van der Waals surface area contributed by atoms with Gasteiger partial charge in [-0.15, -0.1) is 0 Å². The molecule has 4 N–H and O–H groups in total. The molecule has 4 saturated heterocycles. The second-order valence-corrected chi connectivity index (χ2v) is 10.1. The number of nitro groups is 2. The molecule has 224 valence electrons. The van der Waals surface area contributed by atoms with Gasteiger partial charge in [-0.1, -0.05) is 23.2 Å². The van der Waals surface area contributed by atoms with E-state index in [9.17, 15) is 25.3 Å².